The monoisotopic (exact) mass is 278 g/mol. The summed E-state index contributed by atoms with van der Waals surface area (Å²) >= 11 is 9.16. The van der Waals surface area contributed by atoms with Crippen molar-refractivity contribution in [1.29, 1.82) is 0 Å². The van der Waals surface area contributed by atoms with Gasteiger partial charge in [0.25, 0.3) is 0 Å². The van der Waals surface area contributed by atoms with Crippen LogP contribution >= 0.6 is 34.3 Å². The van der Waals surface area contributed by atoms with Gasteiger partial charge in [0.05, 0.1) is 14.8 Å². The van der Waals surface area contributed by atoms with Crippen molar-refractivity contribution < 1.29 is 4.79 Å². The molecule has 0 atom stereocenters. The Morgan fingerprint density at radius 1 is 1.12 bits per heavy atom. The highest BCUT2D eigenvalue weighted by Gasteiger charge is 2.18. The van der Waals surface area contributed by atoms with E-state index in [0.717, 1.165) is 15.0 Å². The number of hydrogen-bond donors (Lipinski definition) is 0. The smallest absolute Gasteiger partial charge is 0.214 e. The molecule has 0 aliphatic heterocycles. The molecule has 0 unspecified atom stereocenters. The number of rotatable bonds is 2. The van der Waals surface area contributed by atoms with E-state index >= 15 is 0 Å². The Morgan fingerprint density at radius 3 is 2.65 bits per heavy atom. The Kier molecular flexibility index (Phi) is 2.74. The van der Waals surface area contributed by atoms with Gasteiger partial charge in [0.2, 0.25) is 5.78 Å². The lowest BCUT2D eigenvalue weighted by atomic mass is 10.2. The van der Waals surface area contributed by atoms with Crippen molar-refractivity contribution in [3.05, 3.63) is 56.6 Å². The molecule has 0 aliphatic carbocycles. The van der Waals surface area contributed by atoms with Gasteiger partial charge in [-0.1, -0.05) is 35.9 Å². The molecule has 84 valence electrons. The second kappa shape index (κ2) is 4.26. The first kappa shape index (κ1) is 11.0. The predicted molar refractivity (Wildman–Crippen MR) is 74.6 cm³/mol. The van der Waals surface area contributed by atoms with Gasteiger partial charge >= 0.3 is 0 Å². The normalized spacial score (nSPS) is 10.9. The van der Waals surface area contributed by atoms with Gasteiger partial charge in [0, 0.05) is 10.1 Å². The van der Waals surface area contributed by atoms with Gasteiger partial charge < -0.3 is 0 Å². The maximum absolute atomic E-state index is 12.2. The molecule has 0 amide bonds. The van der Waals surface area contributed by atoms with E-state index in [0.29, 0.717) is 9.90 Å². The molecule has 3 rings (SSSR count). The van der Waals surface area contributed by atoms with Crippen LogP contribution in [0.4, 0.5) is 0 Å². The van der Waals surface area contributed by atoms with Gasteiger partial charge in [-0.05, 0) is 17.5 Å². The number of carbonyl (C=O) groups excluding carboxylic acids is 1. The lowest BCUT2D eigenvalue weighted by molar-refractivity contribution is 0.104. The fourth-order valence-corrected chi connectivity index (χ4v) is 3.89. The van der Waals surface area contributed by atoms with Crippen LogP contribution in [-0.2, 0) is 0 Å². The van der Waals surface area contributed by atoms with Crippen molar-refractivity contribution in [2.75, 3.05) is 0 Å². The molecule has 0 aliphatic rings. The van der Waals surface area contributed by atoms with Crippen LogP contribution in [-0.4, -0.2) is 5.78 Å². The van der Waals surface area contributed by atoms with E-state index in [1.807, 2.05) is 41.8 Å². The molecule has 0 saturated carbocycles. The zero-order valence-electron chi connectivity index (χ0n) is 8.64. The van der Waals surface area contributed by atoms with E-state index in [1.165, 1.54) is 22.7 Å². The van der Waals surface area contributed by atoms with E-state index in [4.69, 9.17) is 11.6 Å². The summed E-state index contributed by atoms with van der Waals surface area (Å²) in [5.41, 5.74) is 0. The minimum atomic E-state index is 0.0196. The van der Waals surface area contributed by atoms with Crippen molar-refractivity contribution in [2.24, 2.45) is 0 Å². The van der Waals surface area contributed by atoms with Crippen molar-refractivity contribution in [1.82, 2.24) is 0 Å². The molecule has 4 heteroatoms. The quantitative estimate of drug-likeness (QED) is 0.613. The minimum absolute atomic E-state index is 0.0196. The van der Waals surface area contributed by atoms with Crippen LogP contribution in [0, 0.1) is 0 Å². The fourth-order valence-electron chi connectivity index (χ4n) is 1.68. The van der Waals surface area contributed by atoms with Crippen LogP contribution in [0.25, 0.3) is 10.1 Å². The highest BCUT2D eigenvalue weighted by molar-refractivity contribution is 7.22. The second-order valence-corrected chi connectivity index (χ2v) is 5.93. The first-order valence-electron chi connectivity index (χ1n) is 5.02. The number of benzene rings is 1. The largest absolute Gasteiger partial charge is 0.287 e. The zero-order chi connectivity index (χ0) is 11.8. The fraction of sp³-hybridized carbons (Fsp3) is 0. The number of fused-ring (bicyclic) bond motifs is 1. The molecule has 2 heterocycles. The Labute approximate surface area is 111 Å². The molecule has 0 N–H and O–H groups in total. The van der Waals surface area contributed by atoms with Crippen molar-refractivity contribution >= 4 is 50.1 Å². The average Bonchev–Trinajstić information content (AvgIpc) is 2.97. The van der Waals surface area contributed by atoms with Crippen molar-refractivity contribution in [3.8, 4) is 0 Å². The lowest BCUT2D eigenvalue weighted by Gasteiger charge is -1.93. The van der Waals surface area contributed by atoms with Gasteiger partial charge in [0.15, 0.2) is 0 Å². The molecule has 0 bridgehead atoms. The molecule has 3 aromatic rings. The Balaban J connectivity index is 2.18. The molecular formula is C13H7ClOS2. The van der Waals surface area contributed by atoms with Gasteiger partial charge in [-0.25, -0.2) is 0 Å². The van der Waals surface area contributed by atoms with Gasteiger partial charge in [-0.3, -0.25) is 4.79 Å². The van der Waals surface area contributed by atoms with E-state index < -0.39 is 0 Å². The first-order valence-corrected chi connectivity index (χ1v) is 7.10. The van der Waals surface area contributed by atoms with Gasteiger partial charge in [-0.15, -0.1) is 22.7 Å². The molecule has 1 nitrogen and oxygen atoms in total. The third kappa shape index (κ3) is 1.80. The van der Waals surface area contributed by atoms with Crippen LogP contribution in [0.3, 0.4) is 0 Å². The topological polar surface area (TPSA) is 17.1 Å². The van der Waals surface area contributed by atoms with Crippen LogP contribution in [0.1, 0.15) is 14.5 Å². The molecular weight excluding hydrogens is 272 g/mol. The molecule has 17 heavy (non-hydrogen) atoms. The number of ketones is 1. The molecule has 2 aromatic heterocycles. The Morgan fingerprint density at radius 2 is 1.94 bits per heavy atom. The SMILES string of the molecule is O=C(c1cccs1)c1sc2ccccc2c1Cl. The van der Waals surface area contributed by atoms with Gasteiger partial charge in [0.1, 0.15) is 0 Å². The first-order chi connectivity index (χ1) is 8.27. The number of thiophene rings is 2. The summed E-state index contributed by atoms with van der Waals surface area (Å²) in [5.74, 6) is 0.0196. The Bertz CT molecular complexity index is 683. The number of hydrogen-bond acceptors (Lipinski definition) is 3. The highest BCUT2D eigenvalue weighted by Crippen LogP contribution is 2.36. The molecule has 0 fully saturated rings. The van der Waals surface area contributed by atoms with E-state index in [2.05, 4.69) is 0 Å². The van der Waals surface area contributed by atoms with E-state index in [-0.39, 0.29) is 5.78 Å². The number of carbonyl (C=O) groups is 1. The number of halogens is 1. The summed E-state index contributed by atoms with van der Waals surface area (Å²) in [7, 11) is 0. The Hall–Kier alpha value is -1.16. The second-order valence-electron chi connectivity index (χ2n) is 3.55. The summed E-state index contributed by atoms with van der Waals surface area (Å²) < 4.78 is 1.05. The van der Waals surface area contributed by atoms with Crippen LogP contribution in [0.2, 0.25) is 5.02 Å². The summed E-state index contributed by atoms with van der Waals surface area (Å²) in [6, 6.07) is 11.5. The van der Waals surface area contributed by atoms with Crippen molar-refractivity contribution in [3.63, 3.8) is 0 Å². The lowest BCUT2D eigenvalue weighted by Crippen LogP contribution is -1.95. The van der Waals surface area contributed by atoms with Crippen LogP contribution in [0.5, 0.6) is 0 Å². The average molecular weight is 279 g/mol. The maximum Gasteiger partial charge on any atom is 0.214 e. The summed E-state index contributed by atoms with van der Waals surface area (Å²) in [5, 5.41) is 3.43. The highest BCUT2D eigenvalue weighted by atomic mass is 35.5. The summed E-state index contributed by atoms with van der Waals surface area (Å²) in [6.07, 6.45) is 0. The van der Waals surface area contributed by atoms with E-state index in [9.17, 15) is 4.79 Å². The predicted octanol–water partition coefficient (Wildman–Crippen LogP) is 4.85. The third-order valence-corrected chi connectivity index (χ3v) is 5.03. The summed E-state index contributed by atoms with van der Waals surface area (Å²) in [4.78, 5) is 13.6. The zero-order valence-corrected chi connectivity index (χ0v) is 11.0. The van der Waals surface area contributed by atoms with Crippen molar-refractivity contribution in [2.45, 2.75) is 0 Å². The summed E-state index contributed by atoms with van der Waals surface area (Å²) in [6.45, 7) is 0. The molecule has 0 saturated heterocycles. The molecule has 1 aromatic carbocycles. The van der Waals surface area contributed by atoms with Gasteiger partial charge in [-0.2, -0.15) is 0 Å². The third-order valence-electron chi connectivity index (χ3n) is 2.49. The van der Waals surface area contributed by atoms with Crippen LogP contribution < -0.4 is 0 Å². The van der Waals surface area contributed by atoms with Crippen LogP contribution in [0.15, 0.2) is 41.8 Å². The molecule has 0 spiro atoms. The minimum Gasteiger partial charge on any atom is -0.287 e. The maximum atomic E-state index is 12.2. The molecule has 0 radical (unpaired) electrons. The van der Waals surface area contributed by atoms with E-state index in [1.54, 1.807) is 0 Å². The standard InChI is InChI=1S/C13H7ClOS2/c14-11-8-4-1-2-5-9(8)17-13(11)12(15)10-6-3-7-16-10/h1-7H.